The Balaban J connectivity index is 1.50. The Morgan fingerprint density at radius 1 is 1.03 bits per heavy atom. The number of halogens is 2. The Morgan fingerprint density at radius 2 is 1.73 bits per heavy atom. The van der Waals surface area contributed by atoms with E-state index in [-0.39, 0.29) is 5.69 Å². The first-order valence-corrected chi connectivity index (χ1v) is 12.9. The Morgan fingerprint density at radius 3 is 2.38 bits per heavy atom. The fourth-order valence-corrected chi connectivity index (χ4v) is 5.40. The van der Waals surface area contributed by atoms with Gasteiger partial charge in [0.15, 0.2) is 5.13 Å². The lowest BCUT2D eigenvalue weighted by Gasteiger charge is -2.17. The van der Waals surface area contributed by atoms with Crippen LogP contribution < -0.4 is 5.32 Å². The van der Waals surface area contributed by atoms with Crippen LogP contribution in [0.15, 0.2) is 78.9 Å². The molecule has 1 aliphatic carbocycles. The largest absolute Gasteiger partial charge is 0.481 e. The minimum absolute atomic E-state index is 0.255. The maximum absolute atomic E-state index is 14.6. The third kappa shape index (κ3) is 5.10. The highest BCUT2D eigenvalue weighted by atomic mass is 35.5. The predicted octanol–water partition coefficient (Wildman–Crippen LogP) is 8.30. The van der Waals surface area contributed by atoms with E-state index in [4.69, 9.17) is 16.3 Å². The molecule has 0 saturated heterocycles. The standard InChI is InChI=1S/C29H23ClFNO4S/c1-17(18-7-10-21(30)11-8-18)36-28(35)32-24-16-25(31)37-26(24)23-15-20(29(13-14-29)27(33)34)9-12-22(23)19-5-3-2-4-6-19/h2-12,15-17H,13-14H2,1H3,(H,32,35)(H,33,34). The van der Waals surface area contributed by atoms with Crippen molar-refractivity contribution in [1.82, 2.24) is 0 Å². The van der Waals surface area contributed by atoms with E-state index >= 15 is 0 Å². The molecule has 37 heavy (non-hydrogen) atoms. The van der Waals surface area contributed by atoms with E-state index in [9.17, 15) is 19.1 Å². The summed E-state index contributed by atoms with van der Waals surface area (Å²) >= 11 is 6.82. The molecule has 2 N–H and O–H groups in total. The predicted molar refractivity (Wildman–Crippen MR) is 144 cm³/mol. The summed E-state index contributed by atoms with van der Waals surface area (Å²) in [7, 11) is 0. The van der Waals surface area contributed by atoms with Crippen molar-refractivity contribution in [3.63, 3.8) is 0 Å². The quantitative estimate of drug-likeness (QED) is 0.249. The second kappa shape index (κ2) is 10.00. The fraction of sp³-hybridized carbons (Fsp3) is 0.172. The van der Waals surface area contributed by atoms with Gasteiger partial charge in [0.2, 0.25) is 0 Å². The van der Waals surface area contributed by atoms with Crippen LogP contribution in [0.25, 0.3) is 21.6 Å². The van der Waals surface area contributed by atoms with Crippen LogP contribution in [0.2, 0.25) is 5.02 Å². The topological polar surface area (TPSA) is 75.6 Å². The lowest BCUT2D eigenvalue weighted by atomic mass is 9.89. The van der Waals surface area contributed by atoms with Gasteiger partial charge in [-0.3, -0.25) is 10.1 Å². The molecule has 3 aromatic carbocycles. The molecule has 1 heterocycles. The molecule has 4 aromatic rings. The zero-order valence-corrected chi connectivity index (χ0v) is 21.4. The van der Waals surface area contributed by atoms with Gasteiger partial charge in [-0.25, -0.2) is 4.79 Å². The van der Waals surface area contributed by atoms with Gasteiger partial charge in [-0.05, 0) is 60.2 Å². The Labute approximate surface area is 222 Å². The van der Waals surface area contributed by atoms with Crippen LogP contribution in [0.5, 0.6) is 0 Å². The number of ether oxygens (including phenoxy) is 1. The molecule has 0 spiro atoms. The van der Waals surface area contributed by atoms with Crippen molar-refractivity contribution < 1.29 is 23.8 Å². The summed E-state index contributed by atoms with van der Waals surface area (Å²) in [5.74, 6) is -0.874. The Hall–Kier alpha value is -3.68. The highest BCUT2D eigenvalue weighted by Crippen LogP contribution is 2.51. The summed E-state index contributed by atoms with van der Waals surface area (Å²) in [4.78, 5) is 25.3. The average Bonchev–Trinajstić information content (AvgIpc) is 3.63. The van der Waals surface area contributed by atoms with Gasteiger partial charge >= 0.3 is 12.1 Å². The summed E-state index contributed by atoms with van der Waals surface area (Å²) in [5, 5.41) is 12.6. The fourth-order valence-electron chi connectivity index (χ4n) is 4.41. The van der Waals surface area contributed by atoms with E-state index in [1.54, 1.807) is 31.2 Å². The van der Waals surface area contributed by atoms with E-state index in [1.807, 2.05) is 48.5 Å². The number of amides is 1. The molecule has 1 fully saturated rings. The number of aliphatic carboxylic acids is 1. The van der Waals surface area contributed by atoms with Crippen LogP contribution in [0.4, 0.5) is 14.9 Å². The van der Waals surface area contributed by atoms with Gasteiger partial charge in [0.1, 0.15) is 6.10 Å². The van der Waals surface area contributed by atoms with Crippen LogP contribution in [0.3, 0.4) is 0 Å². The molecule has 1 unspecified atom stereocenters. The van der Waals surface area contributed by atoms with Crippen LogP contribution in [-0.2, 0) is 14.9 Å². The highest BCUT2D eigenvalue weighted by Gasteiger charge is 2.52. The lowest BCUT2D eigenvalue weighted by Crippen LogP contribution is -2.19. The van der Waals surface area contributed by atoms with E-state index < -0.39 is 28.7 Å². The van der Waals surface area contributed by atoms with Crippen molar-refractivity contribution in [3.05, 3.63) is 100 Å². The van der Waals surface area contributed by atoms with Crippen molar-refractivity contribution >= 4 is 40.7 Å². The van der Waals surface area contributed by atoms with Crippen LogP contribution in [0.1, 0.15) is 37.0 Å². The second-order valence-corrected chi connectivity index (χ2v) is 10.5. The number of carboxylic acid groups (broad SMARTS) is 1. The number of nitrogens with one attached hydrogen (secondary N) is 1. The average molecular weight is 536 g/mol. The number of benzene rings is 3. The number of carboxylic acids is 1. The molecule has 1 saturated carbocycles. The van der Waals surface area contributed by atoms with Gasteiger partial charge in [-0.2, -0.15) is 4.39 Å². The molecular weight excluding hydrogens is 513 g/mol. The molecule has 1 atom stereocenters. The molecule has 1 aromatic heterocycles. The lowest BCUT2D eigenvalue weighted by molar-refractivity contribution is -0.140. The monoisotopic (exact) mass is 535 g/mol. The number of hydrogen-bond acceptors (Lipinski definition) is 4. The van der Waals surface area contributed by atoms with E-state index in [1.165, 1.54) is 6.07 Å². The van der Waals surface area contributed by atoms with Gasteiger partial charge < -0.3 is 9.84 Å². The molecule has 8 heteroatoms. The molecule has 188 valence electrons. The summed E-state index contributed by atoms with van der Waals surface area (Å²) in [6.07, 6.45) is -0.197. The zero-order valence-electron chi connectivity index (χ0n) is 19.8. The SMILES string of the molecule is CC(OC(=O)Nc1cc(F)sc1-c1cc(C2(C(=O)O)CC2)ccc1-c1ccccc1)c1ccc(Cl)cc1. The molecule has 5 nitrogen and oxygen atoms in total. The van der Waals surface area contributed by atoms with E-state index in [0.717, 1.165) is 28.0 Å². The zero-order chi connectivity index (χ0) is 26.2. The van der Waals surface area contributed by atoms with Gasteiger partial charge in [0.05, 0.1) is 16.0 Å². The van der Waals surface area contributed by atoms with Gasteiger partial charge in [0, 0.05) is 16.7 Å². The molecular formula is C29H23ClFNO4S. The van der Waals surface area contributed by atoms with E-state index in [2.05, 4.69) is 5.32 Å². The Kier molecular flexibility index (Phi) is 6.75. The van der Waals surface area contributed by atoms with Gasteiger partial charge in [-0.1, -0.05) is 66.2 Å². The summed E-state index contributed by atoms with van der Waals surface area (Å²) < 4.78 is 20.1. The first-order valence-electron chi connectivity index (χ1n) is 11.7. The van der Waals surface area contributed by atoms with Crippen LogP contribution in [-0.4, -0.2) is 17.2 Å². The normalized spacial score (nSPS) is 14.6. The first kappa shape index (κ1) is 25.0. The number of anilines is 1. The molecule has 1 aliphatic rings. The smallest absolute Gasteiger partial charge is 0.412 e. The molecule has 0 aliphatic heterocycles. The Bertz CT molecular complexity index is 1470. The molecule has 5 rings (SSSR count). The minimum atomic E-state index is -0.930. The molecule has 1 amide bonds. The number of carbonyl (C=O) groups excluding carboxylic acids is 1. The van der Waals surface area contributed by atoms with Gasteiger partial charge in [0.25, 0.3) is 0 Å². The van der Waals surface area contributed by atoms with Gasteiger partial charge in [-0.15, -0.1) is 11.3 Å². The van der Waals surface area contributed by atoms with Crippen molar-refractivity contribution in [2.75, 3.05) is 5.32 Å². The molecule has 0 radical (unpaired) electrons. The third-order valence-corrected chi connectivity index (χ3v) is 7.83. The third-order valence-electron chi connectivity index (χ3n) is 6.62. The van der Waals surface area contributed by atoms with Crippen LogP contribution in [0, 0.1) is 5.13 Å². The number of thiophene rings is 1. The number of carbonyl (C=O) groups is 2. The maximum atomic E-state index is 14.6. The maximum Gasteiger partial charge on any atom is 0.412 e. The van der Waals surface area contributed by atoms with Crippen molar-refractivity contribution in [3.8, 4) is 21.6 Å². The summed E-state index contributed by atoms with van der Waals surface area (Å²) in [5.41, 5.74) is 3.09. The molecule has 0 bridgehead atoms. The highest BCUT2D eigenvalue weighted by molar-refractivity contribution is 7.14. The minimum Gasteiger partial charge on any atom is -0.481 e. The summed E-state index contributed by atoms with van der Waals surface area (Å²) in [6, 6.07) is 23.3. The van der Waals surface area contributed by atoms with Crippen molar-refractivity contribution in [2.45, 2.75) is 31.3 Å². The first-order chi connectivity index (χ1) is 17.8. The number of hydrogen-bond donors (Lipinski definition) is 2. The van der Waals surface area contributed by atoms with Crippen molar-refractivity contribution in [2.24, 2.45) is 0 Å². The van der Waals surface area contributed by atoms with Crippen LogP contribution >= 0.6 is 22.9 Å². The number of rotatable bonds is 7. The van der Waals surface area contributed by atoms with E-state index in [0.29, 0.717) is 33.9 Å². The second-order valence-electron chi connectivity index (χ2n) is 9.03. The summed E-state index contributed by atoms with van der Waals surface area (Å²) in [6.45, 7) is 1.73. The van der Waals surface area contributed by atoms with Crippen molar-refractivity contribution in [1.29, 1.82) is 0 Å².